The Hall–Kier alpha value is -3.21. The molecule has 22 heavy (non-hydrogen) atoms. The lowest BCUT2D eigenvalue weighted by Crippen LogP contribution is -2.07. The van der Waals surface area contributed by atoms with E-state index in [4.69, 9.17) is 5.11 Å². The van der Waals surface area contributed by atoms with Gasteiger partial charge in [-0.05, 0) is 47.5 Å². The molecule has 0 saturated carbocycles. The minimum absolute atomic E-state index is 0.245. The molecule has 0 atom stereocenters. The van der Waals surface area contributed by atoms with Crippen molar-refractivity contribution in [2.45, 2.75) is 0 Å². The van der Waals surface area contributed by atoms with Crippen LogP contribution in [0.1, 0.15) is 11.1 Å². The Morgan fingerprint density at radius 1 is 0.909 bits per heavy atom. The van der Waals surface area contributed by atoms with Gasteiger partial charge in [-0.25, -0.2) is 4.79 Å². The zero-order valence-corrected chi connectivity index (χ0v) is 11.6. The van der Waals surface area contributed by atoms with E-state index in [9.17, 15) is 9.59 Å². The Kier molecular flexibility index (Phi) is 5.20. The summed E-state index contributed by atoms with van der Waals surface area (Å²) in [5, 5.41) is 11.3. The number of aromatic nitrogens is 1. The first-order valence-corrected chi connectivity index (χ1v) is 6.54. The highest BCUT2D eigenvalue weighted by molar-refractivity contribution is 6.01. The Morgan fingerprint density at radius 3 is 2.14 bits per heavy atom. The SMILES string of the molecule is O=C(O)C=Cc1ccc(NC(=O)C=Cc2ccncc2)cc1. The molecule has 0 unspecified atom stereocenters. The van der Waals surface area contributed by atoms with E-state index in [-0.39, 0.29) is 5.91 Å². The summed E-state index contributed by atoms with van der Waals surface area (Å²) in [4.78, 5) is 26.1. The molecule has 2 N–H and O–H groups in total. The Morgan fingerprint density at radius 2 is 1.50 bits per heavy atom. The van der Waals surface area contributed by atoms with Gasteiger partial charge in [0.05, 0.1) is 0 Å². The van der Waals surface area contributed by atoms with Crippen LogP contribution >= 0.6 is 0 Å². The molecule has 1 aromatic carbocycles. The first-order chi connectivity index (χ1) is 10.6. The zero-order valence-electron chi connectivity index (χ0n) is 11.6. The van der Waals surface area contributed by atoms with Gasteiger partial charge in [0.25, 0.3) is 0 Å². The lowest BCUT2D eigenvalue weighted by Gasteiger charge is -2.02. The maximum absolute atomic E-state index is 11.8. The van der Waals surface area contributed by atoms with Gasteiger partial charge in [0.2, 0.25) is 5.91 Å². The summed E-state index contributed by atoms with van der Waals surface area (Å²) < 4.78 is 0. The smallest absolute Gasteiger partial charge is 0.328 e. The number of nitrogens with one attached hydrogen (secondary N) is 1. The average Bonchev–Trinajstić information content (AvgIpc) is 2.53. The standard InChI is InChI=1S/C17H14N2O3/c20-16(7-3-14-9-11-18-12-10-14)19-15-5-1-13(2-6-15)4-8-17(21)22/h1-12H,(H,19,20)(H,21,22). The number of amides is 1. The molecule has 5 nitrogen and oxygen atoms in total. The van der Waals surface area contributed by atoms with Crippen LogP contribution in [0.25, 0.3) is 12.2 Å². The first-order valence-electron chi connectivity index (χ1n) is 6.54. The Labute approximate surface area is 127 Å². The molecular formula is C17H14N2O3. The first kappa shape index (κ1) is 15.2. The fourth-order valence-corrected chi connectivity index (χ4v) is 1.68. The number of aliphatic carboxylic acids is 1. The number of benzene rings is 1. The predicted octanol–water partition coefficient (Wildman–Crippen LogP) is 2.83. The highest BCUT2D eigenvalue weighted by atomic mass is 16.4. The van der Waals surface area contributed by atoms with Gasteiger partial charge in [-0.15, -0.1) is 0 Å². The van der Waals surface area contributed by atoms with Gasteiger partial charge in [0.15, 0.2) is 0 Å². The molecule has 5 heteroatoms. The third-order valence-corrected chi connectivity index (χ3v) is 2.73. The number of rotatable bonds is 5. The van der Waals surface area contributed by atoms with E-state index < -0.39 is 5.97 Å². The minimum Gasteiger partial charge on any atom is -0.478 e. The second-order valence-corrected chi connectivity index (χ2v) is 4.40. The van der Waals surface area contributed by atoms with Crippen LogP contribution in [0.4, 0.5) is 5.69 Å². The number of anilines is 1. The van der Waals surface area contributed by atoms with Gasteiger partial charge in [-0.3, -0.25) is 9.78 Å². The molecule has 0 radical (unpaired) electrons. The molecular weight excluding hydrogens is 280 g/mol. The zero-order chi connectivity index (χ0) is 15.8. The van der Waals surface area contributed by atoms with Crippen LogP contribution in [0.3, 0.4) is 0 Å². The maximum Gasteiger partial charge on any atom is 0.328 e. The fourth-order valence-electron chi connectivity index (χ4n) is 1.68. The van der Waals surface area contributed by atoms with Crippen molar-refractivity contribution in [3.8, 4) is 0 Å². The molecule has 1 aromatic heterocycles. The molecule has 0 aliphatic heterocycles. The molecule has 110 valence electrons. The maximum atomic E-state index is 11.8. The summed E-state index contributed by atoms with van der Waals surface area (Å²) in [6.07, 6.45) is 8.98. The number of carbonyl (C=O) groups is 2. The molecule has 0 aliphatic rings. The lowest BCUT2D eigenvalue weighted by atomic mass is 10.2. The van der Waals surface area contributed by atoms with Gasteiger partial charge < -0.3 is 10.4 Å². The summed E-state index contributed by atoms with van der Waals surface area (Å²) in [5.41, 5.74) is 2.27. The molecule has 0 aliphatic carbocycles. The van der Waals surface area contributed by atoms with Crippen LogP contribution in [0.5, 0.6) is 0 Å². The van der Waals surface area contributed by atoms with Crippen LogP contribution in [0, 0.1) is 0 Å². The summed E-state index contributed by atoms with van der Waals surface area (Å²) in [6, 6.07) is 10.5. The van der Waals surface area contributed by atoms with E-state index in [1.807, 2.05) is 0 Å². The molecule has 0 saturated heterocycles. The van der Waals surface area contributed by atoms with Gasteiger partial charge in [-0.2, -0.15) is 0 Å². The number of carboxylic acid groups (broad SMARTS) is 1. The van der Waals surface area contributed by atoms with Crippen LogP contribution in [-0.4, -0.2) is 22.0 Å². The second kappa shape index (κ2) is 7.54. The van der Waals surface area contributed by atoms with Crippen LogP contribution < -0.4 is 5.32 Å². The van der Waals surface area contributed by atoms with Gasteiger partial charge in [0, 0.05) is 30.2 Å². The molecule has 2 rings (SSSR count). The molecule has 0 fully saturated rings. The number of hydrogen-bond acceptors (Lipinski definition) is 3. The van der Waals surface area contributed by atoms with Crippen LogP contribution in [0.15, 0.2) is 60.9 Å². The second-order valence-electron chi connectivity index (χ2n) is 4.40. The summed E-state index contributed by atoms with van der Waals surface area (Å²) in [7, 11) is 0. The largest absolute Gasteiger partial charge is 0.478 e. The third-order valence-electron chi connectivity index (χ3n) is 2.73. The minimum atomic E-state index is -1.00. The van der Waals surface area contributed by atoms with Gasteiger partial charge >= 0.3 is 5.97 Å². The Bertz CT molecular complexity index is 704. The Balaban J connectivity index is 1.94. The van der Waals surface area contributed by atoms with Crippen LogP contribution in [-0.2, 0) is 9.59 Å². The number of carboxylic acids is 1. The van der Waals surface area contributed by atoms with Crippen molar-refractivity contribution in [1.29, 1.82) is 0 Å². The van der Waals surface area contributed by atoms with Crippen molar-refractivity contribution >= 4 is 29.7 Å². The van der Waals surface area contributed by atoms with E-state index in [2.05, 4.69) is 10.3 Å². The molecule has 0 spiro atoms. The average molecular weight is 294 g/mol. The molecule has 0 bridgehead atoms. The van der Waals surface area contributed by atoms with Crippen LogP contribution in [0.2, 0.25) is 0 Å². The van der Waals surface area contributed by atoms with Crippen molar-refractivity contribution in [2.24, 2.45) is 0 Å². The van der Waals surface area contributed by atoms with Crippen molar-refractivity contribution < 1.29 is 14.7 Å². The summed E-state index contributed by atoms with van der Waals surface area (Å²) in [6.45, 7) is 0. The topological polar surface area (TPSA) is 79.3 Å². The normalized spacial score (nSPS) is 10.9. The number of hydrogen-bond donors (Lipinski definition) is 2. The summed E-state index contributed by atoms with van der Waals surface area (Å²) in [5.74, 6) is -1.25. The van der Waals surface area contributed by atoms with E-state index >= 15 is 0 Å². The van der Waals surface area contributed by atoms with E-state index in [0.717, 1.165) is 17.2 Å². The van der Waals surface area contributed by atoms with Crippen molar-refractivity contribution in [3.63, 3.8) is 0 Å². The van der Waals surface area contributed by atoms with E-state index in [1.165, 1.54) is 12.2 Å². The van der Waals surface area contributed by atoms with Crippen molar-refractivity contribution in [1.82, 2.24) is 4.98 Å². The molecule has 2 aromatic rings. The van der Waals surface area contributed by atoms with E-state index in [0.29, 0.717) is 5.69 Å². The monoisotopic (exact) mass is 294 g/mol. The van der Waals surface area contributed by atoms with Crippen molar-refractivity contribution in [2.75, 3.05) is 5.32 Å². The lowest BCUT2D eigenvalue weighted by molar-refractivity contribution is -0.131. The number of carbonyl (C=O) groups excluding carboxylic acids is 1. The number of pyridine rings is 1. The van der Waals surface area contributed by atoms with Gasteiger partial charge in [0.1, 0.15) is 0 Å². The van der Waals surface area contributed by atoms with Gasteiger partial charge in [-0.1, -0.05) is 12.1 Å². The highest BCUT2D eigenvalue weighted by Gasteiger charge is 1.98. The van der Waals surface area contributed by atoms with E-state index in [1.54, 1.807) is 54.9 Å². The predicted molar refractivity (Wildman–Crippen MR) is 85.0 cm³/mol. The van der Waals surface area contributed by atoms with Crippen molar-refractivity contribution in [3.05, 3.63) is 72.1 Å². The summed E-state index contributed by atoms with van der Waals surface area (Å²) >= 11 is 0. The number of nitrogens with zero attached hydrogens (tertiary/aromatic N) is 1. The molecule has 1 amide bonds. The third kappa shape index (κ3) is 5.05. The highest BCUT2D eigenvalue weighted by Crippen LogP contribution is 2.11. The quantitative estimate of drug-likeness (QED) is 0.831. The fraction of sp³-hybridized carbons (Fsp3) is 0. The molecule has 1 heterocycles.